The summed E-state index contributed by atoms with van der Waals surface area (Å²) in [5, 5.41) is 20.0. The summed E-state index contributed by atoms with van der Waals surface area (Å²) in [7, 11) is -4.17. The zero-order valence-electron chi connectivity index (χ0n) is 13.0. The van der Waals surface area contributed by atoms with Crippen LogP contribution in [0.5, 0.6) is 11.5 Å². The van der Waals surface area contributed by atoms with Crippen LogP contribution >= 0.6 is 0 Å². The second-order valence-electron chi connectivity index (χ2n) is 5.20. The van der Waals surface area contributed by atoms with Gasteiger partial charge in [0.2, 0.25) is 0 Å². The lowest BCUT2D eigenvalue weighted by molar-refractivity contribution is -0.384. The molecule has 26 heavy (non-hydrogen) atoms. The molecule has 0 atom stereocenters. The quantitative estimate of drug-likeness (QED) is 0.590. The molecule has 3 rings (SSSR count). The Morgan fingerprint density at radius 3 is 2.23 bits per heavy atom. The fourth-order valence-corrected chi connectivity index (χ4v) is 3.37. The van der Waals surface area contributed by atoms with E-state index in [4.69, 9.17) is 9.47 Å². The number of carboxylic acids is 1. The van der Waals surface area contributed by atoms with Crippen molar-refractivity contribution in [3.05, 3.63) is 52.1 Å². The van der Waals surface area contributed by atoms with Gasteiger partial charge in [0.15, 0.2) is 11.5 Å². The molecule has 11 heteroatoms. The molecule has 136 valence electrons. The van der Waals surface area contributed by atoms with E-state index in [9.17, 15) is 28.4 Å². The number of nitro groups is 1. The van der Waals surface area contributed by atoms with Crippen molar-refractivity contribution >= 4 is 27.4 Å². The van der Waals surface area contributed by atoms with Gasteiger partial charge in [-0.15, -0.1) is 0 Å². The van der Waals surface area contributed by atoms with Gasteiger partial charge in [-0.05, 0) is 12.1 Å². The smallest absolute Gasteiger partial charge is 0.337 e. The highest BCUT2D eigenvalue weighted by Crippen LogP contribution is 2.36. The first-order valence-electron chi connectivity index (χ1n) is 7.22. The zero-order valence-corrected chi connectivity index (χ0v) is 13.9. The highest BCUT2D eigenvalue weighted by Gasteiger charge is 2.23. The Bertz CT molecular complexity index is 985. The summed E-state index contributed by atoms with van der Waals surface area (Å²) in [4.78, 5) is 21.2. The highest BCUT2D eigenvalue weighted by atomic mass is 32.2. The number of sulfonamides is 1. The van der Waals surface area contributed by atoms with E-state index in [2.05, 4.69) is 4.72 Å². The molecule has 2 N–H and O–H groups in total. The number of aromatic carboxylic acids is 1. The van der Waals surface area contributed by atoms with Crippen molar-refractivity contribution in [1.82, 2.24) is 0 Å². The van der Waals surface area contributed by atoms with E-state index in [1.54, 1.807) is 0 Å². The maximum Gasteiger partial charge on any atom is 0.337 e. The number of carbonyl (C=O) groups is 1. The average Bonchev–Trinajstić information content (AvgIpc) is 2.60. The Balaban J connectivity index is 1.98. The van der Waals surface area contributed by atoms with Crippen LogP contribution in [0.1, 0.15) is 10.4 Å². The standard InChI is InChI=1S/C15H12N2O8S/c18-15(19)11-7-13-14(25-6-5-24-13)8-12(11)16-26(22,23)10-3-1-9(2-4-10)17(20)21/h1-4,7-8,16H,5-6H2,(H,18,19). The third-order valence-electron chi connectivity index (χ3n) is 3.51. The normalized spacial score (nSPS) is 13.1. The molecule has 1 aliphatic rings. The molecule has 0 amide bonds. The lowest BCUT2D eigenvalue weighted by Gasteiger charge is -2.20. The summed E-state index contributed by atoms with van der Waals surface area (Å²) in [6.45, 7) is 0.494. The van der Waals surface area contributed by atoms with E-state index in [1.165, 1.54) is 12.1 Å². The molecule has 2 aromatic rings. The molecule has 0 saturated heterocycles. The van der Waals surface area contributed by atoms with Crippen LogP contribution in [0.2, 0.25) is 0 Å². The van der Waals surface area contributed by atoms with Crippen LogP contribution in [0.25, 0.3) is 0 Å². The summed E-state index contributed by atoms with van der Waals surface area (Å²) < 4.78 is 37.8. The van der Waals surface area contributed by atoms with E-state index in [1.807, 2.05) is 0 Å². The summed E-state index contributed by atoms with van der Waals surface area (Å²) in [6, 6.07) is 6.58. The minimum absolute atomic E-state index is 0.201. The number of carboxylic acid groups (broad SMARTS) is 1. The van der Waals surface area contributed by atoms with Gasteiger partial charge in [-0.3, -0.25) is 14.8 Å². The second-order valence-corrected chi connectivity index (χ2v) is 6.89. The van der Waals surface area contributed by atoms with Crippen LogP contribution in [-0.2, 0) is 10.0 Å². The van der Waals surface area contributed by atoms with Crippen molar-refractivity contribution in [3.8, 4) is 11.5 Å². The van der Waals surface area contributed by atoms with E-state index in [-0.39, 0.29) is 46.5 Å². The molecule has 0 radical (unpaired) electrons. The highest BCUT2D eigenvalue weighted by molar-refractivity contribution is 7.92. The van der Waals surface area contributed by atoms with Crippen LogP contribution < -0.4 is 14.2 Å². The molecule has 0 saturated carbocycles. The summed E-state index contributed by atoms with van der Waals surface area (Å²) in [5.41, 5.74) is -0.797. The predicted molar refractivity (Wildman–Crippen MR) is 88.3 cm³/mol. The second kappa shape index (κ2) is 6.52. The minimum Gasteiger partial charge on any atom is -0.486 e. The van der Waals surface area contributed by atoms with Gasteiger partial charge >= 0.3 is 5.97 Å². The third-order valence-corrected chi connectivity index (χ3v) is 4.90. The number of nitrogens with one attached hydrogen (secondary N) is 1. The number of anilines is 1. The average molecular weight is 380 g/mol. The predicted octanol–water partition coefficient (Wildman–Crippen LogP) is 1.86. The Morgan fingerprint density at radius 1 is 1.12 bits per heavy atom. The fourth-order valence-electron chi connectivity index (χ4n) is 2.30. The third kappa shape index (κ3) is 3.37. The molecule has 0 fully saturated rings. The van der Waals surface area contributed by atoms with Gasteiger partial charge < -0.3 is 14.6 Å². The van der Waals surface area contributed by atoms with Gasteiger partial charge in [0, 0.05) is 24.3 Å². The topological polar surface area (TPSA) is 145 Å². The van der Waals surface area contributed by atoms with E-state index in [0.29, 0.717) is 0 Å². The zero-order chi connectivity index (χ0) is 18.9. The summed E-state index contributed by atoms with van der Waals surface area (Å²) >= 11 is 0. The molecule has 10 nitrogen and oxygen atoms in total. The number of fused-ring (bicyclic) bond motifs is 1. The SMILES string of the molecule is O=C(O)c1cc2c(cc1NS(=O)(=O)c1ccc([N+](=O)[O-])cc1)OCCO2. The monoisotopic (exact) mass is 380 g/mol. The Labute approximate surface area is 147 Å². The Hall–Kier alpha value is -3.34. The fraction of sp³-hybridized carbons (Fsp3) is 0.133. The number of non-ortho nitro benzene ring substituents is 1. The molecule has 0 bridgehead atoms. The number of nitrogens with zero attached hydrogens (tertiary/aromatic N) is 1. The van der Waals surface area contributed by atoms with Crippen molar-refractivity contribution in [1.29, 1.82) is 0 Å². The molecule has 0 aliphatic carbocycles. The van der Waals surface area contributed by atoms with Gasteiger partial charge in [-0.25, -0.2) is 13.2 Å². The lowest BCUT2D eigenvalue weighted by atomic mass is 10.1. The Kier molecular flexibility index (Phi) is 4.38. The Morgan fingerprint density at radius 2 is 1.69 bits per heavy atom. The summed E-state index contributed by atoms with van der Waals surface area (Å²) in [6.07, 6.45) is 0. The van der Waals surface area contributed by atoms with Crippen LogP contribution in [0.3, 0.4) is 0 Å². The number of nitro benzene ring substituents is 1. The van der Waals surface area contributed by atoms with Crippen molar-refractivity contribution < 1.29 is 32.7 Å². The molecule has 2 aromatic carbocycles. The van der Waals surface area contributed by atoms with Gasteiger partial charge in [-0.1, -0.05) is 0 Å². The molecule has 0 spiro atoms. The number of benzene rings is 2. The van der Waals surface area contributed by atoms with Crippen LogP contribution in [-0.4, -0.2) is 37.6 Å². The molecule has 1 aliphatic heterocycles. The van der Waals surface area contributed by atoms with E-state index in [0.717, 1.165) is 24.3 Å². The molecule has 0 aromatic heterocycles. The first-order valence-corrected chi connectivity index (χ1v) is 8.70. The largest absolute Gasteiger partial charge is 0.486 e. The van der Waals surface area contributed by atoms with Crippen LogP contribution in [0.4, 0.5) is 11.4 Å². The number of rotatable bonds is 5. The maximum atomic E-state index is 12.5. The lowest BCUT2D eigenvalue weighted by Crippen LogP contribution is -2.19. The van der Waals surface area contributed by atoms with Crippen LogP contribution in [0.15, 0.2) is 41.3 Å². The first kappa shape index (κ1) is 17.5. The van der Waals surface area contributed by atoms with Crippen molar-refractivity contribution in [2.75, 3.05) is 17.9 Å². The molecular formula is C15H12N2O8S. The number of hydrogen-bond acceptors (Lipinski definition) is 7. The van der Waals surface area contributed by atoms with Crippen molar-refractivity contribution in [2.45, 2.75) is 4.90 Å². The van der Waals surface area contributed by atoms with Gasteiger partial charge in [-0.2, -0.15) is 0 Å². The van der Waals surface area contributed by atoms with Crippen molar-refractivity contribution in [3.63, 3.8) is 0 Å². The first-order chi connectivity index (χ1) is 12.3. The number of ether oxygens (including phenoxy) is 2. The summed E-state index contributed by atoms with van der Waals surface area (Å²) in [5.74, 6) is -0.946. The molecule has 1 heterocycles. The van der Waals surface area contributed by atoms with E-state index < -0.39 is 20.9 Å². The van der Waals surface area contributed by atoms with Crippen LogP contribution in [0, 0.1) is 10.1 Å². The van der Waals surface area contributed by atoms with Crippen molar-refractivity contribution in [2.24, 2.45) is 0 Å². The van der Waals surface area contributed by atoms with Gasteiger partial charge in [0.05, 0.1) is 21.1 Å². The maximum absolute atomic E-state index is 12.5. The van der Waals surface area contributed by atoms with Gasteiger partial charge in [0.25, 0.3) is 15.7 Å². The van der Waals surface area contributed by atoms with E-state index >= 15 is 0 Å². The molecule has 0 unspecified atom stereocenters. The number of hydrogen-bond donors (Lipinski definition) is 2. The minimum atomic E-state index is -4.17. The van der Waals surface area contributed by atoms with Gasteiger partial charge in [0.1, 0.15) is 13.2 Å². The molecular weight excluding hydrogens is 368 g/mol.